The molecule has 1 N–H and O–H groups in total. The van der Waals surface area contributed by atoms with E-state index in [1.165, 1.54) is 0 Å². The number of hydrogen-bond acceptors (Lipinski definition) is 7. The molecule has 4 rings (SSSR count). The van der Waals surface area contributed by atoms with Crippen molar-refractivity contribution in [3.63, 3.8) is 0 Å². The third-order valence-electron chi connectivity index (χ3n) is 4.96. The van der Waals surface area contributed by atoms with Crippen LogP contribution in [0.1, 0.15) is 58.0 Å². The topological polar surface area (TPSA) is 114 Å². The van der Waals surface area contributed by atoms with Gasteiger partial charge in [-0.05, 0) is 25.8 Å². The van der Waals surface area contributed by atoms with Crippen LogP contribution in [-0.2, 0) is 17.9 Å². The summed E-state index contributed by atoms with van der Waals surface area (Å²) in [6.07, 6.45) is 1.07. The van der Waals surface area contributed by atoms with Crippen LogP contribution in [0.15, 0.2) is 39.4 Å². The van der Waals surface area contributed by atoms with Gasteiger partial charge in [-0.2, -0.15) is 4.98 Å². The van der Waals surface area contributed by atoms with E-state index in [4.69, 9.17) is 9.05 Å². The number of rotatable bonds is 6. The van der Waals surface area contributed by atoms with Crippen molar-refractivity contribution in [1.82, 2.24) is 25.5 Å². The zero-order valence-corrected chi connectivity index (χ0v) is 16.2. The Hall–Kier alpha value is -3.49. The maximum absolute atomic E-state index is 12.3. The number of nitrogens with one attached hydrogen (secondary N) is 1. The molecule has 1 saturated heterocycles. The number of hydrogen-bond donors (Lipinski definition) is 1. The highest BCUT2D eigenvalue weighted by atomic mass is 16.5. The predicted molar refractivity (Wildman–Crippen MR) is 100 cm³/mol. The minimum absolute atomic E-state index is 0.0605. The van der Waals surface area contributed by atoms with E-state index in [-0.39, 0.29) is 24.4 Å². The van der Waals surface area contributed by atoms with Crippen LogP contribution < -0.4 is 5.32 Å². The summed E-state index contributed by atoms with van der Waals surface area (Å²) in [5.74, 6) is 0.932. The fraction of sp³-hybridized carbons (Fsp3) is 0.350. The lowest BCUT2D eigenvalue weighted by molar-refractivity contribution is -0.130. The fourth-order valence-electron chi connectivity index (χ4n) is 3.50. The zero-order chi connectivity index (χ0) is 20.4. The number of likely N-dealkylation sites (tertiary alicyclic amines) is 1. The molecule has 1 aliphatic rings. The second-order valence-corrected chi connectivity index (χ2v) is 6.99. The Labute approximate surface area is 167 Å². The normalized spacial score (nSPS) is 16.4. The average molecular weight is 395 g/mol. The van der Waals surface area contributed by atoms with Crippen LogP contribution in [0.3, 0.4) is 0 Å². The Morgan fingerprint density at radius 3 is 2.72 bits per heavy atom. The van der Waals surface area contributed by atoms with Crippen molar-refractivity contribution in [2.75, 3.05) is 0 Å². The summed E-state index contributed by atoms with van der Waals surface area (Å²) in [6.45, 7) is 3.98. The van der Waals surface area contributed by atoms with Gasteiger partial charge in [-0.3, -0.25) is 9.59 Å². The molecule has 2 amide bonds. The van der Waals surface area contributed by atoms with Gasteiger partial charge in [0.05, 0.1) is 12.2 Å². The lowest BCUT2D eigenvalue weighted by Crippen LogP contribution is -2.27. The number of benzene rings is 1. The highest BCUT2D eigenvalue weighted by Crippen LogP contribution is 2.33. The van der Waals surface area contributed by atoms with Crippen molar-refractivity contribution in [2.45, 2.75) is 45.8 Å². The fourth-order valence-corrected chi connectivity index (χ4v) is 3.50. The molecule has 1 atom stereocenters. The summed E-state index contributed by atoms with van der Waals surface area (Å²) in [5, 5.41) is 10.5. The summed E-state index contributed by atoms with van der Waals surface area (Å²) in [7, 11) is 0. The van der Waals surface area contributed by atoms with Crippen molar-refractivity contribution in [1.29, 1.82) is 0 Å². The number of carbonyl (C=O) groups is 2. The van der Waals surface area contributed by atoms with Gasteiger partial charge in [0.1, 0.15) is 17.4 Å². The lowest BCUT2D eigenvalue weighted by atomic mass is 10.2. The first-order valence-electron chi connectivity index (χ1n) is 9.40. The minimum atomic E-state index is -0.311. The summed E-state index contributed by atoms with van der Waals surface area (Å²) >= 11 is 0. The number of amides is 2. The van der Waals surface area contributed by atoms with Gasteiger partial charge in [-0.1, -0.05) is 40.6 Å². The molecule has 0 spiro atoms. The standard InChI is InChI=1S/C20H21N5O4/c1-12-18(13(2)28-23-12)19(27)21-10-16-22-20(29-24-16)15-8-9-17(26)25(15)11-14-6-4-3-5-7-14/h3-7,15H,8-11H2,1-2H3,(H,21,27)/t15-/m0/s1. The van der Waals surface area contributed by atoms with Crippen molar-refractivity contribution in [3.8, 4) is 0 Å². The first-order valence-corrected chi connectivity index (χ1v) is 9.40. The van der Waals surface area contributed by atoms with E-state index < -0.39 is 0 Å². The van der Waals surface area contributed by atoms with Gasteiger partial charge in [0.25, 0.3) is 5.91 Å². The lowest BCUT2D eigenvalue weighted by Gasteiger charge is -2.22. The smallest absolute Gasteiger partial charge is 0.257 e. The molecule has 0 saturated carbocycles. The van der Waals surface area contributed by atoms with Crippen LogP contribution in [-0.4, -0.2) is 32.0 Å². The van der Waals surface area contributed by atoms with Gasteiger partial charge in [0.15, 0.2) is 5.82 Å². The van der Waals surface area contributed by atoms with Crippen molar-refractivity contribution < 1.29 is 18.6 Å². The molecule has 150 valence electrons. The molecule has 0 unspecified atom stereocenters. The molecule has 1 aliphatic heterocycles. The van der Waals surface area contributed by atoms with Crippen LogP contribution in [0.25, 0.3) is 0 Å². The number of aromatic nitrogens is 3. The largest absolute Gasteiger partial charge is 0.361 e. The third kappa shape index (κ3) is 3.89. The molecule has 1 fully saturated rings. The summed E-state index contributed by atoms with van der Waals surface area (Å²) < 4.78 is 10.4. The molecule has 3 aromatic rings. The van der Waals surface area contributed by atoms with E-state index in [1.807, 2.05) is 30.3 Å². The predicted octanol–water partition coefficient (Wildman–Crippen LogP) is 2.47. The summed E-state index contributed by atoms with van der Waals surface area (Å²) in [4.78, 5) is 30.8. The SMILES string of the molecule is Cc1noc(C)c1C(=O)NCc1noc([C@@H]2CCC(=O)N2Cc2ccccc2)n1. The Kier molecular flexibility index (Phi) is 5.11. The van der Waals surface area contributed by atoms with Gasteiger partial charge in [-0.15, -0.1) is 0 Å². The van der Waals surface area contributed by atoms with E-state index in [0.29, 0.717) is 48.1 Å². The van der Waals surface area contributed by atoms with E-state index in [0.717, 1.165) is 5.56 Å². The highest BCUT2D eigenvalue weighted by molar-refractivity contribution is 5.95. The van der Waals surface area contributed by atoms with Gasteiger partial charge in [0.2, 0.25) is 11.8 Å². The van der Waals surface area contributed by atoms with Crippen LogP contribution in [0, 0.1) is 13.8 Å². The van der Waals surface area contributed by atoms with Crippen molar-refractivity contribution in [2.24, 2.45) is 0 Å². The van der Waals surface area contributed by atoms with Crippen LogP contribution in [0.5, 0.6) is 0 Å². The maximum atomic E-state index is 12.3. The summed E-state index contributed by atoms with van der Waals surface area (Å²) in [5.41, 5.74) is 1.97. The molecule has 2 aromatic heterocycles. The number of aryl methyl sites for hydroxylation is 2. The Balaban J connectivity index is 1.42. The highest BCUT2D eigenvalue weighted by Gasteiger charge is 2.35. The van der Waals surface area contributed by atoms with Gasteiger partial charge >= 0.3 is 0 Å². The molecule has 9 heteroatoms. The third-order valence-corrected chi connectivity index (χ3v) is 4.96. The van der Waals surface area contributed by atoms with Crippen LogP contribution >= 0.6 is 0 Å². The number of carbonyl (C=O) groups excluding carboxylic acids is 2. The molecule has 9 nitrogen and oxygen atoms in total. The molecule has 0 aliphatic carbocycles. The summed E-state index contributed by atoms with van der Waals surface area (Å²) in [6, 6.07) is 9.52. The monoisotopic (exact) mass is 395 g/mol. The molecule has 0 bridgehead atoms. The van der Waals surface area contributed by atoms with Gasteiger partial charge in [0, 0.05) is 13.0 Å². The Morgan fingerprint density at radius 2 is 2.00 bits per heavy atom. The van der Waals surface area contributed by atoms with E-state index >= 15 is 0 Å². The van der Waals surface area contributed by atoms with E-state index in [9.17, 15) is 9.59 Å². The van der Waals surface area contributed by atoms with Crippen LogP contribution in [0.4, 0.5) is 0 Å². The van der Waals surface area contributed by atoms with E-state index in [1.54, 1.807) is 18.7 Å². The van der Waals surface area contributed by atoms with Gasteiger partial charge < -0.3 is 19.3 Å². The van der Waals surface area contributed by atoms with Crippen molar-refractivity contribution in [3.05, 3.63) is 64.6 Å². The quantitative estimate of drug-likeness (QED) is 0.682. The van der Waals surface area contributed by atoms with Gasteiger partial charge in [-0.25, -0.2) is 0 Å². The second kappa shape index (κ2) is 7.86. The number of nitrogens with zero attached hydrogens (tertiary/aromatic N) is 4. The first kappa shape index (κ1) is 18.9. The molecular formula is C20H21N5O4. The van der Waals surface area contributed by atoms with Crippen LogP contribution in [0.2, 0.25) is 0 Å². The van der Waals surface area contributed by atoms with E-state index in [2.05, 4.69) is 20.6 Å². The molecule has 1 aromatic carbocycles. The minimum Gasteiger partial charge on any atom is -0.361 e. The second-order valence-electron chi connectivity index (χ2n) is 6.99. The zero-order valence-electron chi connectivity index (χ0n) is 16.2. The molecule has 29 heavy (non-hydrogen) atoms. The molecule has 3 heterocycles. The maximum Gasteiger partial charge on any atom is 0.257 e. The molecular weight excluding hydrogens is 374 g/mol. The first-order chi connectivity index (χ1) is 14.0. The Morgan fingerprint density at radius 1 is 1.21 bits per heavy atom. The molecule has 0 radical (unpaired) electrons. The Bertz CT molecular complexity index is 1010. The average Bonchev–Trinajstić information content (AvgIpc) is 3.41. The van der Waals surface area contributed by atoms with Crippen molar-refractivity contribution >= 4 is 11.8 Å².